The highest BCUT2D eigenvalue weighted by atomic mass is 16.1. The molecule has 20 heavy (non-hydrogen) atoms. The molecule has 1 nitrogen and oxygen atoms in total. The third-order valence-electron chi connectivity index (χ3n) is 5.76. The fourth-order valence-corrected chi connectivity index (χ4v) is 4.40. The summed E-state index contributed by atoms with van der Waals surface area (Å²) in [5.74, 6) is 3.04. The Morgan fingerprint density at radius 1 is 0.850 bits per heavy atom. The lowest BCUT2D eigenvalue weighted by molar-refractivity contribution is -0.124. The number of hydrogen-bond donors (Lipinski definition) is 0. The summed E-state index contributed by atoms with van der Waals surface area (Å²) in [4.78, 5) is 11.8. The Bertz CT molecular complexity index is 275. The number of hydrogen-bond acceptors (Lipinski definition) is 1. The molecule has 0 aromatic rings. The molecule has 0 N–H and O–H groups in total. The molecular weight excluding hydrogens is 244 g/mol. The van der Waals surface area contributed by atoms with Gasteiger partial charge in [0, 0.05) is 12.3 Å². The maximum atomic E-state index is 11.8. The van der Waals surface area contributed by atoms with Crippen LogP contribution in [0.1, 0.15) is 96.8 Å². The van der Waals surface area contributed by atoms with Crippen LogP contribution < -0.4 is 0 Å². The Hall–Kier alpha value is -0.330. The first-order valence-corrected chi connectivity index (χ1v) is 9.32. The Morgan fingerprint density at radius 2 is 1.50 bits per heavy atom. The second-order valence-corrected chi connectivity index (χ2v) is 7.37. The fraction of sp³-hybridized carbons (Fsp3) is 0.947. The van der Waals surface area contributed by atoms with Crippen molar-refractivity contribution in [3.8, 4) is 0 Å². The van der Waals surface area contributed by atoms with Gasteiger partial charge in [0.15, 0.2) is 0 Å². The van der Waals surface area contributed by atoms with E-state index >= 15 is 0 Å². The van der Waals surface area contributed by atoms with Gasteiger partial charge in [-0.05, 0) is 31.1 Å². The molecule has 2 rings (SSSR count). The summed E-state index contributed by atoms with van der Waals surface area (Å²) in [6.07, 6.45) is 18.5. The van der Waals surface area contributed by atoms with E-state index in [-0.39, 0.29) is 0 Å². The predicted octanol–water partition coefficient (Wildman–Crippen LogP) is 5.91. The minimum absolute atomic E-state index is 0.434. The highest BCUT2D eigenvalue weighted by molar-refractivity contribution is 5.81. The van der Waals surface area contributed by atoms with E-state index in [1.807, 2.05) is 0 Å². The van der Waals surface area contributed by atoms with Gasteiger partial charge in [0.1, 0.15) is 5.78 Å². The Morgan fingerprint density at radius 3 is 2.15 bits per heavy atom. The quantitative estimate of drug-likeness (QED) is 0.529. The van der Waals surface area contributed by atoms with Gasteiger partial charge < -0.3 is 0 Å². The number of ketones is 1. The van der Waals surface area contributed by atoms with E-state index in [0.717, 1.165) is 24.7 Å². The van der Waals surface area contributed by atoms with E-state index in [1.54, 1.807) is 0 Å². The molecule has 2 aliphatic carbocycles. The van der Waals surface area contributed by atoms with Gasteiger partial charge in [-0.15, -0.1) is 0 Å². The molecule has 0 radical (unpaired) electrons. The highest BCUT2D eigenvalue weighted by Gasteiger charge is 2.22. The van der Waals surface area contributed by atoms with Gasteiger partial charge >= 0.3 is 0 Å². The summed E-state index contributed by atoms with van der Waals surface area (Å²) in [5.41, 5.74) is 0. The van der Waals surface area contributed by atoms with Gasteiger partial charge in [-0.25, -0.2) is 0 Å². The number of Topliss-reactive ketones (excluding diaryl/α,β-unsaturated/α-hetero) is 1. The molecule has 0 aromatic heterocycles. The van der Waals surface area contributed by atoms with Crippen LogP contribution in [0.4, 0.5) is 0 Å². The number of carbonyl (C=O) groups excluding carboxylic acids is 1. The summed E-state index contributed by atoms with van der Waals surface area (Å²) >= 11 is 0. The first-order valence-electron chi connectivity index (χ1n) is 9.32. The molecule has 0 spiro atoms. The van der Waals surface area contributed by atoms with Gasteiger partial charge in [-0.1, -0.05) is 71.1 Å². The van der Waals surface area contributed by atoms with Crippen molar-refractivity contribution in [3.63, 3.8) is 0 Å². The van der Waals surface area contributed by atoms with E-state index < -0.39 is 0 Å². The molecule has 1 heteroatoms. The number of carbonyl (C=O) groups is 1. The first-order chi connectivity index (χ1) is 9.79. The van der Waals surface area contributed by atoms with Crippen LogP contribution in [0.2, 0.25) is 0 Å². The van der Waals surface area contributed by atoms with E-state index in [2.05, 4.69) is 6.92 Å². The van der Waals surface area contributed by atoms with E-state index in [1.165, 1.54) is 77.0 Å². The van der Waals surface area contributed by atoms with Crippen LogP contribution in [-0.4, -0.2) is 5.78 Å². The third kappa shape index (κ3) is 5.22. The van der Waals surface area contributed by atoms with Gasteiger partial charge in [-0.3, -0.25) is 4.79 Å². The summed E-state index contributed by atoms with van der Waals surface area (Å²) in [6.45, 7) is 2.32. The molecule has 2 saturated carbocycles. The van der Waals surface area contributed by atoms with Crippen molar-refractivity contribution in [2.45, 2.75) is 96.8 Å². The Balaban J connectivity index is 1.52. The molecule has 0 aromatic carbocycles. The molecule has 2 aliphatic rings. The van der Waals surface area contributed by atoms with Crippen molar-refractivity contribution in [2.24, 2.45) is 17.8 Å². The van der Waals surface area contributed by atoms with Crippen LogP contribution in [0, 0.1) is 17.8 Å². The Kier molecular flexibility index (Phi) is 7.10. The van der Waals surface area contributed by atoms with E-state index in [4.69, 9.17) is 0 Å². The number of unbranched alkanes of at least 4 members (excludes halogenated alkanes) is 1. The molecule has 0 amide bonds. The van der Waals surface area contributed by atoms with Gasteiger partial charge in [0.2, 0.25) is 0 Å². The molecule has 0 heterocycles. The third-order valence-corrected chi connectivity index (χ3v) is 5.76. The Labute approximate surface area is 125 Å². The molecule has 2 fully saturated rings. The van der Waals surface area contributed by atoms with Crippen LogP contribution in [0.5, 0.6) is 0 Å². The van der Waals surface area contributed by atoms with Crippen LogP contribution in [0.3, 0.4) is 0 Å². The fourth-order valence-electron chi connectivity index (χ4n) is 4.40. The van der Waals surface area contributed by atoms with Crippen molar-refractivity contribution in [1.82, 2.24) is 0 Å². The zero-order chi connectivity index (χ0) is 14.2. The lowest BCUT2D eigenvalue weighted by atomic mass is 9.78. The number of rotatable bonds is 7. The van der Waals surface area contributed by atoms with Gasteiger partial charge in [-0.2, -0.15) is 0 Å². The zero-order valence-corrected chi connectivity index (χ0v) is 13.5. The molecule has 0 bridgehead atoms. The van der Waals surface area contributed by atoms with Crippen molar-refractivity contribution < 1.29 is 4.79 Å². The molecule has 116 valence electrons. The monoisotopic (exact) mass is 278 g/mol. The average molecular weight is 278 g/mol. The molecule has 1 atom stereocenters. The standard InChI is InChI=1S/C19H34O/c1-2-7-16-12-14-17(15-13-16)8-3-4-9-18-10-5-6-11-19(18)20/h16-18H,2-15H2,1H3/t16-,17-,18?. The topological polar surface area (TPSA) is 17.1 Å². The maximum absolute atomic E-state index is 11.8. The summed E-state index contributed by atoms with van der Waals surface area (Å²) in [6, 6.07) is 0. The highest BCUT2D eigenvalue weighted by Crippen LogP contribution is 2.34. The van der Waals surface area contributed by atoms with Crippen molar-refractivity contribution >= 4 is 5.78 Å². The minimum atomic E-state index is 0.434. The largest absolute Gasteiger partial charge is 0.299 e. The summed E-state index contributed by atoms with van der Waals surface area (Å²) in [5, 5.41) is 0. The molecular formula is C19H34O. The SMILES string of the molecule is CCC[C@H]1CC[C@H](CCCCC2CCCCC2=O)CC1. The van der Waals surface area contributed by atoms with Gasteiger partial charge in [0.05, 0.1) is 0 Å². The second kappa shape index (κ2) is 8.85. The normalized spacial score (nSPS) is 31.4. The van der Waals surface area contributed by atoms with E-state index in [9.17, 15) is 4.79 Å². The first kappa shape index (κ1) is 16.0. The van der Waals surface area contributed by atoms with Gasteiger partial charge in [0.25, 0.3) is 0 Å². The summed E-state index contributed by atoms with van der Waals surface area (Å²) < 4.78 is 0. The van der Waals surface area contributed by atoms with E-state index in [0.29, 0.717) is 11.7 Å². The summed E-state index contributed by atoms with van der Waals surface area (Å²) in [7, 11) is 0. The van der Waals surface area contributed by atoms with Crippen LogP contribution in [0.25, 0.3) is 0 Å². The predicted molar refractivity (Wildman–Crippen MR) is 85.8 cm³/mol. The van der Waals surface area contributed by atoms with Crippen LogP contribution in [0.15, 0.2) is 0 Å². The average Bonchev–Trinajstić information content (AvgIpc) is 2.47. The van der Waals surface area contributed by atoms with Crippen LogP contribution >= 0.6 is 0 Å². The lowest BCUT2D eigenvalue weighted by Crippen LogP contribution is -2.19. The van der Waals surface area contributed by atoms with Crippen molar-refractivity contribution in [2.75, 3.05) is 0 Å². The van der Waals surface area contributed by atoms with Crippen LogP contribution in [-0.2, 0) is 4.79 Å². The second-order valence-electron chi connectivity index (χ2n) is 7.37. The molecule has 0 saturated heterocycles. The zero-order valence-electron chi connectivity index (χ0n) is 13.5. The molecule has 0 aliphatic heterocycles. The van der Waals surface area contributed by atoms with Crippen molar-refractivity contribution in [3.05, 3.63) is 0 Å². The van der Waals surface area contributed by atoms with Crippen molar-refractivity contribution in [1.29, 1.82) is 0 Å². The lowest BCUT2D eigenvalue weighted by Gasteiger charge is -2.28. The maximum Gasteiger partial charge on any atom is 0.135 e. The molecule has 1 unspecified atom stereocenters. The minimum Gasteiger partial charge on any atom is -0.299 e. The smallest absolute Gasteiger partial charge is 0.135 e.